The van der Waals surface area contributed by atoms with E-state index in [1.165, 1.54) is 64.2 Å². The lowest BCUT2D eigenvalue weighted by Crippen LogP contribution is -2.59. The van der Waals surface area contributed by atoms with Gasteiger partial charge < -0.3 is 4.74 Å². The van der Waals surface area contributed by atoms with E-state index in [1.807, 2.05) is 0 Å². The molecule has 5 fully saturated rings. The third-order valence-corrected chi connectivity index (χ3v) is 11.8. The van der Waals surface area contributed by atoms with E-state index >= 15 is 0 Å². The van der Waals surface area contributed by atoms with E-state index in [1.54, 1.807) is 0 Å². The van der Waals surface area contributed by atoms with Crippen LogP contribution in [0.25, 0.3) is 0 Å². The summed E-state index contributed by atoms with van der Waals surface area (Å²) in [5.41, 5.74) is 1.04. The fraction of sp³-hybridized carbons (Fsp3) is 0.966. The van der Waals surface area contributed by atoms with Crippen molar-refractivity contribution in [3.05, 3.63) is 0 Å². The lowest BCUT2D eigenvalue weighted by molar-refractivity contribution is -0.218. The molecule has 5 rings (SSSR count). The van der Waals surface area contributed by atoms with E-state index in [4.69, 9.17) is 4.74 Å². The molecular weight excluding hydrogens is 380 g/mol. The molecule has 31 heavy (non-hydrogen) atoms. The first-order chi connectivity index (χ1) is 14.7. The maximum atomic E-state index is 11.6. The Morgan fingerprint density at radius 3 is 2.35 bits per heavy atom. The van der Waals surface area contributed by atoms with Crippen LogP contribution in [0.3, 0.4) is 0 Å². The Labute approximate surface area is 191 Å². The highest BCUT2D eigenvalue weighted by atomic mass is 16.6. The minimum Gasteiger partial charge on any atom is -0.458 e. The molecule has 0 radical (unpaired) electrons. The monoisotopic (exact) mass is 428 g/mol. The molecule has 1 aliphatic heterocycles. The van der Waals surface area contributed by atoms with Crippen LogP contribution in [0.5, 0.6) is 0 Å². The van der Waals surface area contributed by atoms with Gasteiger partial charge in [0.2, 0.25) is 0 Å². The summed E-state index contributed by atoms with van der Waals surface area (Å²) in [6, 6.07) is 0. The first-order valence-electron chi connectivity index (χ1n) is 13.9. The quantitative estimate of drug-likeness (QED) is 0.418. The van der Waals surface area contributed by atoms with E-state index in [0.717, 1.165) is 54.3 Å². The van der Waals surface area contributed by atoms with Crippen molar-refractivity contribution in [1.82, 2.24) is 0 Å². The van der Waals surface area contributed by atoms with Gasteiger partial charge in [0.25, 0.3) is 0 Å². The van der Waals surface area contributed by atoms with Crippen molar-refractivity contribution < 1.29 is 9.53 Å². The topological polar surface area (TPSA) is 26.3 Å². The molecule has 4 saturated carbocycles. The third-order valence-electron chi connectivity index (χ3n) is 11.8. The molecule has 1 saturated heterocycles. The van der Waals surface area contributed by atoms with Crippen LogP contribution in [0.1, 0.15) is 118 Å². The van der Waals surface area contributed by atoms with Crippen LogP contribution >= 0.6 is 0 Å². The van der Waals surface area contributed by atoms with Crippen LogP contribution in [0.2, 0.25) is 0 Å². The van der Waals surface area contributed by atoms with Crippen LogP contribution in [0, 0.1) is 52.3 Å². The number of hydrogen-bond acceptors (Lipinski definition) is 2. The van der Waals surface area contributed by atoms with E-state index < -0.39 is 0 Å². The van der Waals surface area contributed by atoms with Crippen molar-refractivity contribution in [1.29, 1.82) is 0 Å². The zero-order valence-corrected chi connectivity index (χ0v) is 21.1. The summed E-state index contributed by atoms with van der Waals surface area (Å²) < 4.78 is 5.73. The molecule has 0 aromatic rings. The lowest BCUT2D eigenvalue weighted by atomic mass is 9.43. The molecule has 0 bridgehead atoms. The molecule has 5 aliphatic rings. The molecule has 0 aromatic carbocycles. The van der Waals surface area contributed by atoms with Crippen molar-refractivity contribution >= 4 is 5.97 Å². The average molecular weight is 429 g/mol. The van der Waals surface area contributed by atoms with E-state index in [-0.39, 0.29) is 11.6 Å². The first kappa shape index (κ1) is 22.3. The van der Waals surface area contributed by atoms with Gasteiger partial charge in [-0.25, -0.2) is 0 Å². The normalized spacial score (nSPS) is 49.7. The minimum atomic E-state index is -0.0544. The Morgan fingerprint density at radius 1 is 0.903 bits per heavy atom. The van der Waals surface area contributed by atoms with Crippen molar-refractivity contribution in [2.24, 2.45) is 52.3 Å². The van der Waals surface area contributed by atoms with Gasteiger partial charge in [-0.05, 0) is 110 Å². The third kappa shape index (κ3) is 3.52. The zero-order chi connectivity index (χ0) is 22.0. The SMILES string of the molecule is CC(C)CCC[C@@H](C)[C@H]1CC[C@H]2[C@@H]3CC[C@H]4C[C@@]5(CC[C@]4(C)[C@H]3CC[C@]12C)CC(=O)O5. The highest BCUT2D eigenvalue weighted by Gasteiger charge is 2.63. The number of hydrogen-bond donors (Lipinski definition) is 0. The van der Waals surface area contributed by atoms with Gasteiger partial charge >= 0.3 is 5.97 Å². The maximum Gasteiger partial charge on any atom is 0.310 e. The van der Waals surface area contributed by atoms with Gasteiger partial charge in [-0.2, -0.15) is 0 Å². The van der Waals surface area contributed by atoms with Gasteiger partial charge in [0.15, 0.2) is 0 Å². The average Bonchev–Trinajstić information content (AvgIpc) is 3.04. The highest BCUT2D eigenvalue weighted by Crippen LogP contribution is 2.69. The Morgan fingerprint density at radius 2 is 1.65 bits per heavy atom. The Balaban J connectivity index is 1.28. The summed E-state index contributed by atoms with van der Waals surface area (Å²) in [5, 5.41) is 0. The Kier molecular flexibility index (Phi) is 5.58. The van der Waals surface area contributed by atoms with E-state index in [2.05, 4.69) is 34.6 Å². The summed E-state index contributed by atoms with van der Waals surface area (Å²) in [6.45, 7) is 12.7. The van der Waals surface area contributed by atoms with Crippen molar-refractivity contribution in [3.63, 3.8) is 0 Å². The first-order valence-corrected chi connectivity index (χ1v) is 13.9. The Bertz CT molecular complexity index is 689. The summed E-state index contributed by atoms with van der Waals surface area (Å²) in [4.78, 5) is 11.6. The fourth-order valence-electron chi connectivity index (χ4n) is 10.1. The predicted molar refractivity (Wildman–Crippen MR) is 127 cm³/mol. The molecule has 0 aromatic heterocycles. The van der Waals surface area contributed by atoms with Crippen molar-refractivity contribution in [2.45, 2.75) is 124 Å². The molecule has 176 valence electrons. The molecule has 1 spiro atoms. The standard InChI is InChI=1S/C29H48O2/c1-19(2)7-6-8-20(3)23-11-12-24-22-10-9-21-17-29(18-26(30)31-29)16-15-27(21,4)25(22)13-14-28(23,24)5/h19-25H,6-18H2,1-5H3/t20-,21+,22+,23-,24+,25+,27+,28-,29+/m1/s1. The van der Waals surface area contributed by atoms with Gasteiger partial charge in [-0.15, -0.1) is 0 Å². The van der Waals surface area contributed by atoms with Crippen LogP contribution in [-0.4, -0.2) is 11.6 Å². The molecule has 1 heterocycles. The molecule has 4 aliphatic carbocycles. The van der Waals surface area contributed by atoms with Crippen LogP contribution in [-0.2, 0) is 9.53 Å². The molecular formula is C29H48O2. The molecule has 0 N–H and O–H groups in total. The van der Waals surface area contributed by atoms with Gasteiger partial charge in [0.1, 0.15) is 5.60 Å². The highest BCUT2D eigenvalue weighted by molar-refractivity contribution is 5.77. The molecule has 9 atom stereocenters. The molecule has 2 heteroatoms. The minimum absolute atomic E-state index is 0.0465. The smallest absolute Gasteiger partial charge is 0.310 e. The summed E-state index contributed by atoms with van der Waals surface area (Å²) >= 11 is 0. The van der Waals surface area contributed by atoms with Crippen LogP contribution in [0.4, 0.5) is 0 Å². The molecule has 0 unspecified atom stereocenters. The van der Waals surface area contributed by atoms with Crippen molar-refractivity contribution in [2.75, 3.05) is 0 Å². The second kappa shape index (κ2) is 7.76. The fourth-order valence-corrected chi connectivity index (χ4v) is 10.1. The summed E-state index contributed by atoms with van der Waals surface area (Å²) in [7, 11) is 0. The van der Waals surface area contributed by atoms with Gasteiger partial charge in [-0.3, -0.25) is 4.79 Å². The van der Waals surface area contributed by atoms with Crippen LogP contribution < -0.4 is 0 Å². The Hall–Kier alpha value is -0.530. The van der Waals surface area contributed by atoms with Gasteiger partial charge in [-0.1, -0.05) is 53.9 Å². The predicted octanol–water partition coefficient (Wildman–Crippen LogP) is 7.79. The molecule has 2 nitrogen and oxygen atoms in total. The van der Waals surface area contributed by atoms with Crippen molar-refractivity contribution in [3.8, 4) is 0 Å². The van der Waals surface area contributed by atoms with Gasteiger partial charge in [0, 0.05) is 0 Å². The largest absolute Gasteiger partial charge is 0.458 e. The lowest BCUT2D eigenvalue weighted by Gasteiger charge is -2.63. The van der Waals surface area contributed by atoms with Crippen LogP contribution in [0.15, 0.2) is 0 Å². The van der Waals surface area contributed by atoms with E-state index in [0.29, 0.717) is 17.3 Å². The number of fused-ring (bicyclic) bond motifs is 5. The number of ether oxygens (including phenoxy) is 1. The second-order valence-electron chi connectivity index (χ2n) is 13.7. The zero-order valence-electron chi connectivity index (χ0n) is 21.1. The number of esters is 1. The van der Waals surface area contributed by atoms with Gasteiger partial charge in [0.05, 0.1) is 6.42 Å². The van der Waals surface area contributed by atoms with E-state index in [9.17, 15) is 4.79 Å². The number of carbonyl (C=O) groups is 1. The number of rotatable bonds is 5. The maximum absolute atomic E-state index is 11.6. The molecule has 0 amide bonds. The second-order valence-corrected chi connectivity index (χ2v) is 13.7. The summed E-state index contributed by atoms with van der Waals surface area (Å²) in [6.07, 6.45) is 17.3. The summed E-state index contributed by atoms with van der Waals surface area (Å²) in [5.74, 6) is 6.40. The number of carbonyl (C=O) groups excluding carboxylic acids is 1.